The smallest absolute Gasteiger partial charge is 0.144 e. The molecule has 0 aromatic heterocycles. The molecule has 0 bridgehead atoms. The summed E-state index contributed by atoms with van der Waals surface area (Å²) in [5.74, 6) is 0. The summed E-state index contributed by atoms with van der Waals surface area (Å²) in [6.07, 6.45) is 0.569. The minimum Gasteiger partial charge on any atom is -0.392 e. The summed E-state index contributed by atoms with van der Waals surface area (Å²) in [5, 5.41) is 25.2. The van der Waals surface area contributed by atoms with E-state index in [2.05, 4.69) is 9.47 Å². The van der Waals surface area contributed by atoms with Gasteiger partial charge in [0, 0.05) is 0 Å². The van der Waals surface area contributed by atoms with E-state index in [0.29, 0.717) is 12.7 Å². The van der Waals surface area contributed by atoms with Crippen molar-refractivity contribution < 1.29 is 24.8 Å². The molecule has 68 valence electrons. The van der Waals surface area contributed by atoms with Gasteiger partial charge < -0.3 is 24.8 Å². The Balaban J connectivity index is 3.25. The Morgan fingerprint density at radius 3 is 1.64 bits per heavy atom. The lowest BCUT2D eigenvalue weighted by molar-refractivity contribution is 0.0119. The van der Waals surface area contributed by atoms with Crippen molar-refractivity contribution in [2.45, 2.75) is 0 Å². The van der Waals surface area contributed by atoms with Gasteiger partial charge in [0.15, 0.2) is 0 Å². The molecule has 0 saturated carbocycles. The molecule has 0 aliphatic carbocycles. The molecule has 0 aromatic rings. The van der Waals surface area contributed by atoms with Gasteiger partial charge >= 0.3 is 0 Å². The number of aliphatic hydroxyl groups is 3. The van der Waals surface area contributed by atoms with E-state index in [4.69, 9.17) is 15.3 Å². The number of hydrogen-bond acceptors (Lipinski definition) is 5. The number of hydrogen-bond donors (Lipinski definition) is 3. The molecule has 0 rings (SSSR count). The SMILES string of the molecule is OCOCP(CO)COCO. The van der Waals surface area contributed by atoms with E-state index >= 15 is 0 Å². The highest BCUT2D eigenvalue weighted by atomic mass is 31.1. The Bertz CT molecular complexity index is 73.3. The number of ether oxygens (including phenoxy) is 2. The van der Waals surface area contributed by atoms with Gasteiger partial charge in [-0.2, -0.15) is 0 Å². The number of aliphatic hydroxyl groups excluding tert-OH is 3. The van der Waals surface area contributed by atoms with Crippen LogP contribution in [0.1, 0.15) is 0 Å². The lowest BCUT2D eigenvalue weighted by Crippen LogP contribution is -2.03. The zero-order chi connectivity index (χ0) is 8.53. The standard InChI is InChI=1S/C5H13O5P/c6-1-9-4-11(3-8)5-10-2-7/h6-8H,1-5H2. The van der Waals surface area contributed by atoms with Gasteiger partial charge in [-0.3, -0.25) is 0 Å². The van der Waals surface area contributed by atoms with Crippen LogP contribution in [0.25, 0.3) is 0 Å². The van der Waals surface area contributed by atoms with Gasteiger partial charge in [0.05, 0.1) is 19.0 Å². The third-order valence-electron chi connectivity index (χ3n) is 0.930. The van der Waals surface area contributed by atoms with Crippen LogP contribution in [0.4, 0.5) is 0 Å². The molecule has 0 unspecified atom stereocenters. The summed E-state index contributed by atoms with van der Waals surface area (Å²) in [4.78, 5) is 0. The van der Waals surface area contributed by atoms with Crippen LogP contribution in [0, 0.1) is 0 Å². The van der Waals surface area contributed by atoms with E-state index in [9.17, 15) is 0 Å². The molecule has 5 nitrogen and oxygen atoms in total. The summed E-state index contributed by atoms with van der Waals surface area (Å²) in [6, 6.07) is 0. The maximum atomic E-state index is 8.68. The minimum absolute atomic E-state index is 0.0185. The molecular formula is C5H13O5P. The van der Waals surface area contributed by atoms with E-state index < -0.39 is 7.92 Å². The van der Waals surface area contributed by atoms with E-state index in [1.54, 1.807) is 0 Å². The fourth-order valence-corrected chi connectivity index (χ4v) is 1.38. The summed E-state index contributed by atoms with van der Waals surface area (Å²) in [5.41, 5.74) is 0. The third-order valence-corrected chi connectivity index (χ3v) is 2.43. The predicted octanol–water partition coefficient (Wildman–Crippen LogP) is -0.734. The highest BCUT2D eigenvalue weighted by Gasteiger charge is 2.05. The topological polar surface area (TPSA) is 79.2 Å². The number of rotatable bonds is 7. The van der Waals surface area contributed by atoms with Crippen LogP contribution in [0.3, 0.4) is 0 Å². The molecule has 0 radical (unpaired) electrons. The van der Waals surface area contributed by atoms with Crippen LogP contribution in [-0.2, 0) is 9.47 Å². The van der Waals surface area contributed by atoms with Crippen molar-refractivity contribution in [3.63, 3.8) is 0 Å². The van der Waals surface area contributed by atoms with Crippen molar-refractivity contribution in [2.75, 3.05) is 32.6 Å². The van der Waals surface area contributed by atoms with Crippen molar-refractivity contribution in [2.24, 2.45) is 0 Å². The van der Waals surface area contributed by atoms with Crippen molar-refractivity contribution in [1.82, 2.24) is 0 Å². The van der Waals surface area contributed by atoms with E-state index in [-0.39, 0.29) is 19.9 Å². The zero-order valence-corrected chi connectivity index (χ0v) is 7.04. The Morgan fingerprint density at radius 1 is 0.909 bits per heavy atom. The van der Waals surface area contributed by atoms with E-state index in [1.165, 1.54) is 0 Å². The molecule has 0 fully saturated rings. The molecule has 11 heavy (non-hydrogen) atoms. The fourth-order valence-electron chi connectivity index (χ4n) is 0.459. The second-order valence-electron chi connectivity index (χ2n) is 1.74. The summed E-state index contributed by atoms with van der Waals surface area (Å²) in [6.45, 7) is -0.698. The zero-order valence-electron chi connectivity index (χ0n) is 6.14. The first kappa shape index (κ1) is 11.2. The molecule has 0 aliphatic rings. The molecule has 0 saturated heterocycles. The van der Waals surface area contributed by atoms with Gasteiger partial charge in [-0.15, -0.1) is 0 Å². The molecule has 0 atom stereocenters. The van der Waals surface area contributed by atoms with Crippen LogP contribution in [0.5, 0.6) is 0 Å². The van der Waals surface area contributed by atoms with Gasteiger partial charge in [0.1, 0.15) is 13.6 Å². The monoisotopic (exact) mass is 184 g/mol. The maximum Gasteiger partial charge on any atom is 0.144 e. The Kier molecular flexibility index (Phi) is 8.50. The van der Waals surface area contributed by atoms with Gasteiger partial charge in [-0.1, -0.05) is 0 Å². The fraction of sp³-hybridized carbons (Fsp3) is 1.00. The van der Waals surface area contributed by atoms with Crippen LogP contribution in [0.15, 0.2) is 0 Å². The highest BCUT2D eigenvalue weighted by molar-refractivity contribution is 7.56. The first-order valence-electron chi connectivity index (χ1n) is 3.05. The van der Waals surface area contributed by atoms with Gasteiger partial charge in [-0.05, 0) is 7.92 Å². The molecule has 0 spiro atoms. The van der Waals surface area contributed by atoms with Crippen molar-refractivity contribution >= 4 is 7.92 Å². The first-order valence-corrected chi connectivity index (χ1v) is 4.95. The molecule has 0 heterocycles. The summed E-state index contributed by atoms with van der Waals surface area (Å²) >= 11 is 0. The van der Waals surface area contributed by atoms with Gasteiger partial charge in [0.2, 0.25) is 0 Å². The quantitative estimate of drug-likeness (QED) is 0.359. The molecule has 0 amide bonds. The summed E-state index contributed by atoms with van der Waals surface area (Å²) in [7, 11) is -0.779. The van der Waals surface area contributed by atoms with Gasteiger partial charge in [0.25, 0.3) is 0 Å². The van der Waals surface area contributed by atoms with Crippen LogP contribution < -0.4 is 0 Å². The van der Waals surface area contributed by atoms with Crippen molar-refractivity contribution in [3.05, 3.63) is 0 Å². The van der Waals surface area contributed by atoms with E-state index in [0.717, 1.165) is 0 Å². The van der Waals surface area contributed by atoms with Crippen molar-refractivity contribution in [3.8, 4) is 0 Å². The van der Waals surface area contributed by atoms with Crippen molar-refractivity contribution in [1.29, 1.82) is 0 Å². The van der Waals surface area contributed by atoms with Crippen LogP contribution >= 0.6 is 7.92 Å². The Hall–Kier alpha value is 0.230. The molecule has 0 aliphatic heterocycles. The van der Waals surface area contributed by atoms with Crippen LogP contribution in [-0.4, -0.2) is 47.9 Å². The van der Waals surface area contributed by atoms with Crippen LogP contribution in [0.2, 0.25) is 0 Å². The lowest BCUT2D eigenvalue weighted by Gasteiger charge is -2.12. The summed E-state index contributed by atoms with van der Waals surface area (Å²) < 4.78 is 9.29. The second kappa shape index (κ2) is 8.33. The highest BCUT2D eigenvalue weighted by Crippen LogP contribution is 2.33. The average Bonchev–Trinajstić information content (AvgIpc) is 2.05. The molecule has 6 heteroatoms. The average molecular weight is 184 g/mol. The predicted molar refractivity (Wildman–Crippen MR) is 40.1 cm³/mol. The van der Waals surface area contributed by atoms with Gasteiger partial charge in [-0.25, -0.2) is 0 Å². The molecule has 3 N–H and O–H groups in total. The largest absolute Gasteiger partial charge is 0.392 e. The second-order valence-corrected chi connectivity index (χ2v) is 3.88. The Morgan fingerprint density at radius 2 is 1.36 bits per heavy atom. The third kappa shape index (κ3) is 6.62. The molecule has 0 aromatic carbocycles. The Labute approximate surface area is 66.3 Å². The first-order chi connectivity index (χ1) is 5.35. The minimum atomic E-state index is -0.779. The molecular weight excluding hydrogens is 171 g/mol. The normalized spacial score (nSPS) is 10.9. The maximum absolute atomic E-state index is 8.68. The lowest BCUT2D eigenvalue weighted by atomic mass is 11.4. The van der Waals surface area contributed by atoms with E-state index in [1.807, 2.05) is 0 Å².